The highest BCUT2D eigenvalue weighted by atomic mass is 16.5. The van der Waals surface area contributed by atoms with Gasteiger partial charge in [-0.05, 0) is 29.2 Å². The molecule has 1 heterocycles. The zero-order valence-corrected chi connectivity index (χ0v) is 12.7. The number of ether oxygens (including phenoxy) is 1. The Balaban J connectivity index is 2.18. The van der Waals surface area contributed by atoms with Crippen molar-refractivity contribution in [1.29, 1.82) is 0 Å². The molecule has 1 unspecified atom stereocenters. The number of benzene rings is 2. The number of fused-ring (bicyclic) bond motifs is 1. The van der Waals surface area contributed by atoms with Crippen molar-refractivity contribution >= 4 is 11.7 Å². The molecule has 0 bridgehead atoms. The second kappa shape index (κ2) is 5.81. The second-order valence-corrected chi connectivity index (χ2v) is 5.62. The van der Waals surface area contributed by atoms with E-state index in [1.807, 2.05) is 38.4 Å². The Morgan fingerprint density at radius 3 is 2.59 bits per heavy atom. The number of nitrogens with zero attached hydrogens (tertiary/aromatic N) is 1. The van der Waals surface area contributed by atoms with Crippen LogP contribution in [0.2, 0.25) is 0 Å². The third-order valence-electron chi connectivity index (χ3n) is 4.03. The van der Waals surface area contributed by atoms with Crippen molar-refractivity contribution in [2.75, 3.05) is 25.6 Å². The summed E-state index contributed by atoms with van der Waals surface area (Å²) >= 11 is 0. The molecule has 114 valence electrons. The topological polar surface area (TPSA) is 49.8 Å². The lowest BCUT2D eigenvalue weighted by atomic mass is 9.89. The molecule has 0 saturated carbocycles. The van der Waals surface area contributed by atoms with Crippen LogP contribution in [-0.4, -0.2) is 31.8 Å². The van der Waals surface area contributed by atoms with Gasteiger partial charge in [-0.25, -0.2) is 4.79 Å². The SMILES string of the molecule is CN(C)c1ccccc1-c1cccc2c1CCOC2C(=O)O. The predicted octanol–water partition coefficient (Wildman–Crippen LogP) is 3.12. The highest BCUT2D eigenvalue weighted by molar-refractivity contribution is 5.83. The van der Waals surface area contributed by atoms with Gasteiger partial charge in [0.2, 0.25) is 0 Å². The Hall–Kier alpha value is -2.33. The molecule has 0 saturated heterocycles. The lowest BCUT2D eigenvalue weighted by Gasteiger charge is -2.26. The molecule has 2 aromatic rings. The number of hydrogen-bond acceptors (Lipinski definition) is 3. The summed E-state index contributed by atoms with van der Waals surface area (Å²) in [6, 6.07) is 14.0. The van der Waals surface area contributed by atoms with Crippen LogP contribution in [0.1, 0.15) is 17.2 Å². The fourth-order valence-corrected chi connectivity index (χ4v) is 3.05. The zero-order chi connectivity index (χ0) is 15.7. The van der Waals surface area contributed by atoms with Crippen LogP contribution in [0.3, 0.4) is 0 Å². The molecular weight excluding hydrogens is 278 g/mol. The van der Waals surface area contributed by atoms with Crippen LogP contribution >= 0.6 is 0 Å². The van der Waals surface area contributed by atoms with Crippen LogP contribution in [-0.2, 0) is 16.0 Å². The molecule has 0 radical (unpaired) electrons. The molecule has 4 heteroatoms. The zero-order valence-electron chi connectivity index (χ0n) is 12.7. The number of carbonyl (C=O) groups is 1. The summed E-state index contributed by atoms with van der Waals surface area (Å²) in [7, 11) is 4.02. The van der Waals surface area contributed by atoms with Crippen molar-refractivity contribution in [3.8, 4) is 11.1 Å². The van der Waals surface area contributed by atoms with Crippen LogP contribution in [0.5, 0.6) is 0 Å². The first-order valence-electron chi connectivity index (χ1n) is 7.32. The van der Waals surface area contributed by atoms with Gasteiger partial charge in [-0.15, -0.1) is 0 Å². The average Bonchev–Trinajstić information content (AvgIpc) is 2.53. The predicted molar refractivity (Wildman–Crippen MR) is 86.2 cm³/mol. The summed E-state index contributed by atoms with van der Waals surface area (Å²) in [5.74, 6) is -0.931. The van der Waals surface area contributed by atoms with Crippen molar-refractivity contribution in [2.24, 2.45) is 0 Å². The molecule has 1 aliphatic heterocycles. The first-order chi connectivity index (χ1) is 10.6. The highest BCUT2D eigenvalue weighted by Gasteiger charge is 2.29. The van der Waals surface area contributed by atoms with E-state index < -0.39 is 12.1 Å². The van der Waals surface area contributed by atoms with Crippen LogP contribution < -0.4 is 4.90 Å². The molecule has 0 aromatic heterocycles. The summed E-state index contributed by atoms with van der Waals surface area (Å²) in [6.45, 7) is 0.436. The van der Waals surface area contributed by atoms with Gasteiger partial charge < -0.3 is 14.7 Å². The molecule has 1 aliphatic rings. The smallest absolute Gasteiger partial charge is 0.337 e. The van der Waals surface area contributed by atoms with E-state index in [-0.39, 0.29) is 0 Å². The molecule has 0 amide bonds. The number of rotatable bonds is 3. The monoisotopic (exact) mass is 297 g/mol. The summed E-state index contributed by atoms with van der Waals surface area (Å²) in [5.41, 5.74) is 5.18. The van der Waals surface area contributed by atoms with Gasteiger partial charge >= 0.3 is 5.97 Å². The summed E-state index contributed by atoms with van der Waals surface area (Å²) in [4.78, 5) is 13.5. The number of aliphatic carboxylic acids is 1. The lowest BCUT2D eigenvalue weighted by Crippen LogP contribution is -2.23. The average molecular weight is 297 g/mol. The van der Waals surface area contributed by atoms with E-state index in [2.05, 4.69) is 23.1 Å². The fourth-order valence-electron chi connectivity index (χ4n) is 3.05. The van der Waals surface area contributed by atoms with Gasteiger partial charge in [0.1, 0.15) is 0 Å². The van der Waals surface area contributed by atoms with E-state index in [1.165, 1.54) is 0 Å². The number of anilines is 1. The first-order valence-corrected chi connectivity index (χ1v) is 7.32. The summed E-state index contributed by atoms with van der Waals surface area (Å²) < 4.78 is 5.42. The molecule has 0 spiro atoms. The molecular formula is C18H19NO3. The van der Waals surface area contributed by atoms with Crippen molar-refractivity contribution in [3.05, 3.63) is 53.6 Å². The molecule has 0 aliphatic carbocycles. The van der Waals surface area contributed by atoms with E-state index in [0.29, 0.717) is 6.61 Å². The second-order valence-electron chi connectivity index (χ2n) is 5.62. The maximum Gasteiger partial charge on any atom is 0.337 e. The van der Waals surface area contributed by atoms with E-state index in [1.54, 1.807) is 0 Å². The van der Waals surface area contributed by atoms with Gasteiger partial charge in [0.25, 0.3) is 0 Å². The van der Waals surface area contributed by atoms with Gasteiger partial charge in [-0.2, -0.15) is 0 Å². The van der Waals surface area contributed by atoms with Gasteiger partial charge in [-0.3, -0.25) is 0 Å². The lowest BCUT2D eigenvalue weighted by molar-refractivity contribution is -0.151. The van der Waals surface area contributed by atoms with E-state index in [0.717, 1.165) is 34.4 Å². The Morgan fingerprint density at radius 1 is 1.14 bits per heavy atom. The van der Waals surface area contributed by atoms with Crippen LogP contribution in [0.4, 0.5) is 5.69 Å². The van der Waals surface area contributed by atoms with Gasteiger partial charge in [0.15, 0.2) is 6.10 Å². The number of carboxylic acid groups (broad SMARTS) is 1. The Morgan fingerprint density at radius 2 is 1.86 bits per heavy atom. The normalized spacial score (nSPS) is 16.9. The van der Waals surface area contributed by atoms with E-state index in [9.17, 15) is 9.90 Å². The molecule has 4 nitrogen and oxygen atoms in total. The third kappa shape index (κ3) is 2.46. The fraction of sp³-hybridized carbons (Fsp3) is 0.278. The Kier molecular flexibility index (Phi) is 3.86. The van der Waals surface area contributed by atoms with E-state index in [4.69, 9.17) is 4.74 Å². The van der Waals surface area contributed by atoms with Gasteiger partial charge in [-0.1, -0.05) is 36.4 Å². The number of hydrogen-bond donors (Lipinski definition) is 1. The Bertz CT molecular complexity index is 709. The van der Waals surface area contributed by atoms with Crippen LogP contribution in [0.25, 0.3) is 11.1 Å². The van der Waals surface area contributed by atoms with Gasteiger partial charge in [0.05, 0.1) is 6.61 Å². The molecule has 2 aromatic carbocycles. The molecule has 0 fully saturated rings. The van der Waals surface area contributed by atoms with E-state index >= 15 is 0 Å². The van der Waals surface area contributed by atoms with Crippen LogP contribution in [0, 0.1) is 0 Å². The maximum absolute atomic E-state index is 11.4. The third-order valence-corrected chi connectivity index (χ3v) is 4.03. The first kappa shape index (κ1) is 14.6. The van der Waals surface area contributed by atoms with Crippen molar-refractivity contribution in [2.45, 2.75) is 12.5 Å². The maximum atomic E-state index is 11.4. The highest BCUT2D eigenvalue weighted by Crippen LogP contribution is 2.38. The van der Waals surface area contributed by atoms with Crippen molar-refractivity contribution in [1.82, 2.24) is 0 Å². The number of carboxylic acids is 1. The minimum Gasteiger partial charge on any atom is -0.479 e. The van der Waals surface area contributed by atoms with Crippen molar-refractivity contribution in [3.63, 3.8) is 0 Å². The molecule has 1 atom stereocenters. The molecule has 1 N–H and O–H groups in total. The quantitative estimate of drug-likeness (QED) is 0.945. The standard InChI is InChI=1S/C18H19NO3/c1-19(2)16-9-4-3-6-14(16)12-7-5-8-15-13(12)10-11-22-17(15)18(20)21/h3-9,17H,10-11H2,1-2H3,(H,20,21). The Labute approximate surface area is 130 Å². The van der Waals surface area contributed by atoms with Gasteiger partial charge in [0, 0.05) is 25.3 Å². The van der Waals surface area contributed by atoms with Crippen LogP contribution in [0.15, 0.2) is 42.5 Å². The minimum atomic E-state index is -0.931. The summed E-state index contributed by atoms with van der Waals surface area (Å²) in [5, 5.41) is 9.36. The van der Waals surface area contributed by atoms with Crippen molar-refractivity contribution < 1.29 is 14.6 Å². The minimum absolute atomic E-state index is 0.436. The largest absolute Gasteiger partial charge is 0.479 e. The summed E-state index contributed by atoms with van der Waals surface area (Å²) in [6.07, 6.45) is -0.132. The molecule has 22 heavy (non-hydrogen) atoms. The number of para-hydroxylation sites is 1. The molecule has 3 rings (SSSR count).